The van der Waals surface area contributed by atoms with Gasteiger partial charge in [0.15, 0.2) is 8.15 Å². The Bertz CT molecular complexity index is 1550. The number of carbonyl (C=O) groups excluding carboxylic acids is 1. The minimum Gasteiger partial charge on any atom is -0.464 e. The molecule has 0 amide bonds. The molecule has 4 rings (SSSR count). The minimum atomic E-state index is -3.11. The normalized spacial score (nSPS) is 12.8. The van der Waals surface area contributed by atoms with Gasteiger partial charge in [0.2, 0.25) is 0 Å². The zero-order chi connectivity index (χ0) is 28.5. The zero-order valence-electron chi connectivity index (χ0n) is 22.9. The van der Waals surface area contributed by atoms with Crippen LogP contribution in [0.4, 0.5) is 4.79 Å². The van der Waals surface area contributed by atoms with Gasteiger partial charge in [-0.1, -0.05) is 97.1 Å². The molecule has 40 heavy (non-hydrogen) atoms. The molecule has 206 valence electrons. The molecule has 0 aliphatic rings. The van der Waals surface area contributed by atoms with Crippen molar-refractivity contribution in [2.24, 2.45) is 0 Å². The maximum Gasteiger partial charge on any atom is 0.358 e. The first-order valence-corrected chi connectivity index (χ1v) is 15.6. The summed E-state index contributed by atoms with van der Waals surface area (Å²) in [5.74, 6) is 0. The third-order valence-electron chi connectivity index (χ3n) is 6.42. The number of fused-ring (bicyclic) bond motifs is 1. The van der Waals surface area contributed by atoms with E-state index in [0.29, 0.717) is 0 Å². The van der Waals surface area contributed by atoms with Gasteiger partial charge >= 0.3 is 13.3 Å². The smallest absolute Gasteiger partial charge is 0.358 e. The van der Waals surface area contributed by atoms with E-state index in [2.05, 4.69) is 48.6 Å². The molecule has 0 bridgehead atoms. The van der Waals surface area contributed by atoms with Crippen molar-refractivity contribution < 1.29 is 27.7 Å². The average Bonchev–Trinajstić information content (AvgIpc) is 3.00. The maximum absolute atomic E-state index is 12.4. The highest BCUT2D eigenvalue weighted by Crippen LogP contribution is 2.49. The first-order valence-electron chi connectivity index (χ1n) is 12.6. The lowest BCUT2D eigenvalue weighted by atomic mass is 9.99. The van der Waals surface area contributed by atoms with Crippen LogP contribution in [-0.2, 0) is 29.0 Å². The number of rotatable bonds is 11. The lowest BCUT2D eigenvalue weighted by Crippen LogP contribution is -2.09. The van der Waals surface area contributed by atoms with Crippen LogP contribution < -0.4 is 5.30 Å². The summed E-state index contributed by atoms with van der Waals surface area (Å²) >= 11 is 0. The maximum atomic E-state index is 12.4. The number of benzene rings is 4. The summed E-state index contributed by atoms with van der Waals surface area (Å²) in [7, 11) is 1.10. The fourth-order valence-electron chi connectivity index (χ4n) is 4.19. The molecule has 0 aliphatic heterocycles. The summed E-state index contributed by atoms with van der Waals surface area (Å²) in [4.78, 5) is 12.0. The lowest BCUT2D eigenvalue weighted by molar-refractivity contribution is 0.196. The highest BCUT2D eigenvalue weighted by molar-refractivity contribution is 7.76. The SMILES string of the molecule is COC(=O)P(OC)c1ccc(C=Cc2cc3ccccc3cc2C=Cc2ccc(CP(=O)(OC)OC)cc2)cc1. The van der Waals surface area contributed by atoms with Crippen molar-refractivity contribution in [2.45, 2.75) is 6.16 Å². The summed E-state index contributed by atoms with van der Waals surface area (Å²) in [5, 5.41) is 3.11. The Morgan fingerprint density at radius 3 is 1.68 bits per heavy atom. The predicted molar refractivity (Wildman–Crippen MR) is 166 cm³/mol. The number of ether oxygens (including phenoxy) is 1. The second kappa shape index (κ2) is 13.8. The number of hydrogen-bond donors (Lipinski definition) is 0. The summed E-state index contributed by atoms with van der Waals surface area (Å²) in [5.41, 5.74) is 4.69. The Labute approximate surface area is 236 Å². The zero-order valence-corrected chi connectivity index (χ0v) is 24.7. The molecule has 1 atom stereocenters. The standard InChI is InChI=1S/C32H32O6P2/c1-35-32(33)39(36-2)31-19-15-25(16-20-31)14-18-30-22-28-8-6-5-7-27(28)21-29(30)17-13-24-9-11-26(12-10-24)23-40(34,37-3)38-4/h5-22H,23H2,1-4H3. The third-order valence-corrected chi connectivity index (χ3v) is 9.94. The third kappa shape index (κ3) is 7.42. The Hall–Kier alpha value is -3.37. The van der Waals surface area contributed by atoms with E-state index in [4.69, 9.17) is 18.3 Å². The van der Waals surface area contributed by atoms with Gasteiger partial charge < -0.3 is 18.3 Å². The molecule has 0 spiro atoms. The van der Waals surface area contributed by atoms with Crippen molar-refractivity contribution in [3.8, 4) is 0 Å². The fraction of sp³-hybridized carbons (Fsp3) is 0.156. The van der Waals surface area contributed by atoms with Gasteiger partial charge in [-0.25, -0.2) is 4.79 Å². The molecule has 6 nitrogen and oxygen atoms in total. The van der Waals surface area contributed by atoms with Crippen LogP contribution in [0.2, 0.25) is 0 Å². The van der Waals surface area contributed by atoms with E-state index in [1.54, 1.807) is 0 Å². The van der Waals surface area contributed by atoms with Gasteiger partial charge in [0.05, 0.1) is 13.3 Å². The molecule has 1 unspecified atom stereocenters. The molecule has 0 saturated heterocycles. The van der Waals surface area contributed by atoms with Gasteiger partial charge in [-0.15, -0.1) is 0 Å². The largest absolute Gasteiger partial charge is 0.464 e. The van der Waals surface area contributed by atoms with Crippen LogP contribution in [0.5, 0.6) is 0 Å². The number of methoxy groups -OCH3 is 1. The van der Waals surface area contributed by atoms with E-state index in [1.807, 2.05) is 60.7 Å². The van der Waals surface area contributed by atoms with Gasteiger partial charge in [0.25, 0.3) is 0 Å². The number of hydrogen-bond acceptors (Lipinski definition) is 6. The van der Waals surface area contributed by atoms with Crippen molar-refractivity contribution >= 4 is 61.8 Å². The highest BCUT2D eigenvalue weighted by atomic mass is 31.2. The van der Waals surface area contributed by atoms with Crippen LogP contribution in [0, 0.1) is 0 Å². The van der Waals surface area contributed by atoms with Crippen molar-refractivity contribution in [1.82, 2.24) is 0 Å². The van der Waals surface area contributed by atoms with Gasteiger partial charge in [-0.3, -0.25) is 4.57 Å². The molecular formula is C32H32O6P2. The molecule has 0 radical (unpaired) electrons. The fourth-order valence-corrected chi connectivity index (χ4v) is 6.41. The lowest BCUT2D eigenvalue weighted by Gasteiger charge is -2.13. The first-order chi connectivity index (χ1) is 19.4. The van der Waals surface area contributed by atoms with E-state index in [0.717, 1.165) is 43.9 Å². The molecule has 0 heterocycles. The molecule has 0 fully saturated rings. The van der Waals surface area contributed by atoms with Gasteiger partial charge in [-0.2, -0.15) is 0 Å². The van der Waals surface area contributed by atoms with Gasteiger partial charge in [0, 0.05) is 26.6 Å². The second-order valence-corrected chi connectivity index (χ2v) is 13.0. The van der Waals surface area contributed by atoms with Gasteiger partial charge in [0.1, 0.15) is 0 Å². The van der Waals surface area contributed by atoms with Crippen LogP contribution in [0.15, 0.2) is 84.9 Å². The molecule has 0 aliphatic carbocycles. The number of carbonyl (C=O) groups is 1. The van der Waals surface area contributed by atoms with Crippen LogP contribution in [0.3, 0.4) is 0 Å². The molecular weight excluding hydrogens is 542 g/mol. The average molecular weight is 575 g/mol. The summed E-state index contributed by atoms with van der Waals surface area (Å²) in [6, 6.07) is 28.2. The van der Waals surface area contributed by atoms with E-state index < -0.39 is 15.7 Å². The molecule has 4 aromatic carbocycles. The topological polar surface area (TPSA) is 71.1 Å². The van der Waals surface area contributed by atoms with E-state index in [9.17, 15) is 9.36 Å². The van der Waals surface area contributed by atoms with Gasteiger partial charge in [-0.05, 0) is 50.7 Å². The summed E-state index contributed by atoms with van der Waals surface area (Å²) in [6.45, 7) is 0. The van der Waals surface area contributed by atoms with Crippen molar-refractivity contribution in [2.75, 3.05) is 28.4 Å². The summed E-state index contributed by atoms with van der Waals surface area (Å²) in [6.07, 6.45) is 8.53. The van der Waals surface area contributed by atoms with Crippen LogP contribution in [0.25, 0.3) is 35.1 Å². The van der Waals surface area contributed by atoms with Crippen LogP contribution in [-0.4, -0.2) is 34.1 Å². The highest BCUT2D eigenvalue weighted by Gasteiger charge is 2.22. The first kappa shape index (κ1) is 29.6. The monoisotopic (exact) mass is 574 g/mol. The van der Waals surface area contributed by atoms with Crippen LogP contribution >= 0.6 is 15.7 Å². The molecule has 0 aromatic heterocycles. The molecule has 8 heteroatoms. The Balaban J connectivity index is 1.59. The molecule has 0 N–H and O–H groups in total. The van der Waals surface area contributed by atoms with E-state index >= 15 is 0 Å². The predicted octanol–water partition coefficient (Wildman–Crippen LogP) is 8.60. The van der Waals surface area contributed by atoms with E-state index in [-0.39, 0.29) is 11.9 Å². The quantitative estimate of drug-likeness (QED) is 0.132. The van der Waals surface area contributed by atoms with Crippen molar-refractivity contribution in [3.05, 3.63) is 113 Å². The Kier molecular flexibility index (Phi) is 10.2. The Morgan fingerprint density at radius 2 is 1.23 bits per heavy atom. The van der Waals surface area contributed by atoms with Crippen molar-refractivity contribution in [1.29, 1.82) is 0 Å². The Morgan fingerprint density at radius 1 is 0.725 bits per heavy atom. The van der Waals surface area contributed by atoms with Crippen molar-refractivity contribution in [3.63, 3.8) is 0 Å². The minimum absolute atomic E-state index is 0.223. The molecule has 0 saturated carbocycles. The van der Waals surface area contributed by atoms with Crippen LogP contribution in [0.1, 0.15) is 27.8 Å². The van der Waals surface area contributed by atoms with E-state index in [1.165, 1.54) is 28.4 Å². The second-order valence-electron chi connectivity index (χ2n) is 8.91. The summed E-state index contributed by atoms with van der Waals surface area (Å²) < 4.78 is 32.8. The molecule has 4 aromatic rings.